The molecule has 9 heteroatoms. The first-order valence-corrected chi connectivity index (χ1v) is 12.7. The zero-order valence-corrected chi connectivity index (χ0v) is 22.1. The minimum absolute atomic E-state index is 0.0478. The molecule has 2 amide bonds. The van der Waals surface area contributed by atoms with E-state index in [1.807, 2.05) is 60.7 Å². The first-order chi connectivity index (χ1) is 18.0. The minimum Gasteiger partial charge on any atom is -0.493 e. The van der Waals surface area contributed by atoms with Crippen molar-refractivity contribution in [2.24, 2.45) is 0 Å². The molecule has 0 radical (unpaired) electrons. The molecule has 0 heterocycles. The Hall–Kier alpha value is -3.95. The van der Waals surface area contributed by atoms with Crippen molar-refractivity contribution in [1.82, 2.24) is 16.2 Å². The Morgan fingerprint density at radius 3 is 2.32 bits per heavy atom. The Labute approximate surface area is 228 Å². The van der Waals surface area contributed by atoms with Crippen LogP contribution in [0.1, 0.15) is 15.9 Å². The number of carbonyl (C=O) groups is 2. The van der Waals surface area contributed by atoms with Crippen LogP contribution < -0.4 is 25.6 Å². The van der Waals surface area contributed by atoms with Gasteiger partial charge in [0.1, 0.15) is 11.5 Å². The van der Waals surface area contributed by atoms with Gasteiger partial charge in [0.2, 0.25) is 0 Å². The number of carbonyl (C=O) groups excluding carboxylic acids is 2. The second-order valence-corrected chi connectivity index (χ2v) is 9.15. The predicted octanol–water partition coefficient (Wildman–Crippen LogP) is 4.94. The molecule has 0 aliphatic carbocycles. The van der Waals surface area contributed by atoms with Gasteiger partial charge in [-0.1, -0.05) is 60.7 Å². The van der Waals surface area contributed by atoms with Crippen LogP contribution in [0.15, 0.2) is 95.5 Å². The molecular weight excluding hydrogens is 554 g/mol. The van der Waals surface area contributed by atoms with E-state index >= 15 is 0 Å². The highest BCUT2D eigenvalue weighted by molar-refractivity contribution is 9.10. The summed E-state index contributed by atoms with van der Waals surface area (Å²) >= 11 is 8.62. The summed E-state index contributed by atoms with van der Waals surface area (Å²) in [6.45, 7) is 0.289. The summed E-state index contributed by atoms with van der Waals surface area (Å²) < 4.78 is 12.1. The van der Waals surface area contributed by atoms with Crippen LogP contribution in [0, 0.1) is 0 Å². The fourth-order valence-electron chi connectivity index (χ4n) is 3.47. The summed E-state index contributed by atoms with van der Waals surface area (Å²) in [6.07, 6.45) is 0.791. The number of rotatable bonds is 8. The number of ether oxygens (including phenoxy) is 2. The zero-order chi connectivity index (χ0) is 26.0. The third kappa shape index (κ3) is 7.52. The van der Waals surface area contributed by atoms with Gasteiger partial charge in [-0.2, -0.15) is 0 Å². The molecule has 7 nitrogen and oxygen atoms in total. The largest absolute Gasteiger partial charge is 0.493 e. The van der Waals surface area contributed by atoms with Gasteiger partial charge < -0.3 is 9.47 Å². The van der Waals surface area contributed by atoms with Crippen molar-refractivity contribution in [1.29, 1.82) is 0 Å². The molecule has 0 aliphatic heterocycles. The molecule has 0 bridgehead atoms. The molecular formula is C28H24BrN3O4S. The van der Waals surface area contributed by atoms with Crippen molar-refractivity contribution in [3.8, 4) is 11.5 Å². The van der Waals surface area contributed by atoms with Gasteiger partial charge in [0.15, 0.2) is 11.7 Å². The fraction of sp³-hybridized carbons (Fsp3) is 0.107. The summed E-state index contributed by atoms with van der Waals surface area (Å²) in [5.74, 6) is 0.323. The molecule has 0 atom stereocenters. The van der Waals surface area contributed by atoms with Gasteiger partial charge in [0.25, 0.3) is 11.8 Å². The first-order valence-electron chi connectivity index (χ1n) is 11.5. The van der Waals surface area contributed by atoms with Crippen LogP contribution in [-0.4, -0.2) is 30.1 Å². The maximum atomic E-state index is 12.4. The Kier molecular flexibility index (Phi) is 9.07. The van der Waals surface area contributed by atoms with E-state index < -0.39 is 11.8 Å². The SMILES string of the molecule is O=C(COc1ccc2ccccc2c1Br)NNC(=S)NC(=O)c1ccc(OCCc2ccccc2)cc1. The lowest BCUT2D eigenvalue weighted by molar-refractivity contribution is -0.123. The molecule has 0 aromatic heterocycles. The number of amides is 2. The van der Waals surface area contributed by atoms with Crippen LogP contribution >= 0.6 is 28.1 Å². The van der Waals surface area contributed by atoms with Gasteiger partial charge in [0.05, 0.1) is 11.1 Å². The highest BCUT2D eigenvalue weighted by Gasteiger charge is 2.11. The summed E-state index contributed by atoms with van der Waals surface area (Å²) in [4.78, 5) is 24.6. The van der Waals surface area contributed by atoms with E-state index in [9.17, 15) is 9.59 Å². The van der Waals surface area contributed by atoms with E-state index in [0.717, 1.165) is 21.7 Å². The molecule has 3 N–H and O–H groups in total. The van der Waals surface area contributed by atoms with Gasteiger partial charge in [0, 0.05) is 12.0 Å². The fourth-order valence-corrected chi connectivity index (χ4v) is 4.22. The topological polar surface area (TPSA) is 88.7 Å². The van der Waals surface area contributed by atoms with Crippen LogP contribution in [0.3, 0.4) is 0 Å². The second kappa shape index (κ2) is 12.8. The number of halogens is 1. The van der Waals surface area contributed by atoms with Crippen molar-refractivity contribution in [3.63, 3.8) is 0 Å². The van der Waals surface area contributed by atoms with Crippen molar-refractivity contribution >= 4 is 55.8 Å². The van der Waals surface area contributed by atoms with Crippen LogP contribution in [-0.2, 0) is 11.2 Å². The molecule has 0 spiro atoms. The van der Waals surface area contributed by atoms with Gasteiger partial charge in [-0.15, -0.1) is 0 Å². The summed E-state index contributed by atoms with van der Waals surface area (Å²) in [5.41, 5.74) is 6.50. The average Bonchev–Trinajstić information content (AvgIpc) is 2.92. The standard InChI is InChI=1S/C28H24BrN3O4S/c29-26-23-9-5-4-8-20(23)12-15-24(26)36-18-25(33)31-32-28(37)30-27(34)21-10-13-22(14-11-21)35-17-16-19-6-2-1-3-7-19/h1-15H,16-18H2,(H,31,33)(H2,30,32,34,37). The molecule has 4 rings (SSSR count). The Morgan fingerprint density at radius 1 is 0.811 bits per heavy atom. The van der Waals surface area contributed by atoms with E-state index in [2.05, 4.69) is 32.1 Å². The first kappa shape index (κ1) is 26.1. The number of hydrogen-bond donors (Lipinski definition) is 3. The monoisotopic (exact) mass is 577 g/mol. The van der Waals surface area contributed by atoms with Crippen molar-refractivity contribution in [2.45, 2.75) is 6.42 Å². The second-order valence-electron chi connectivity index (χ2n) is 7.95. The normalized spacial score (nSPS) is 10.4. The summed E-state index contributed by atoms with van der Waals surface area (Å²) in [5, 5.41) is 4.50. The van der Waals surface area contributed by atoms with Crippen LogP contribution in [0.4, 0.5) is 0 Å². The van der Waals surface area contributed by atoms with Gasteiger partial charge >= 0.3 is 0 Å². The lowest BCUT2D eigenvalue weighted by Gasteiger charge is -2.13. The van der Waals surface area contributed by atoms with Gasteiger partial charge in [-0.25, -0.2) is 0 Å². The van der Waals surface area contributed by atoms with Gasteiger partial charge in [-0.05, 0) is 74.8 Å². The quantitative estimate of drug-likeness (QED) is 0.203. The lowest BCUT2D eigenvalue weighted by atomic mass is 10.1. The van der Waals surface area contributed by atoms with Crippen molar-refractivity contribution in [3.05, 3.63) is 107 Å². The molecule has 0 unspecified atom stereocenters. The number of fused-ring (bicyclic) bond motifs is 1. The lowest BCUT2D eigenvalue weighted by Crippen LogP contribution is -2.49. The summed E-state index contributed by atoms with van der Waals surface area (Å²) in [6, 6.07) is 28.3. The third-order valence-electron chi connectivity index (χ3n) is 5.35. The number of nitrogens with one attached hydrogen (secondary N) is 3. The van der Waals surface area contributed by atoms with E-state index in [1.54, 1.807) is 30.3 Å². The molecule has 188 valence electrons. The van der Waals surface area contributed by atoms with E-state index in [-0.39, 0.29) is 11.7 Å². The van der Waals surface area contributed by atoms with Crippen LogP contribution in [0.5, 0.6) is 11.5 Å². The minimum atomic E-state index is -0.464. The Balaban J connectivity index is 1.18. The maximum absolute atomic E-state index is 12.4. The average molecular weight is 578 g/mol. The van der Waals surface area contributed by atoms with Crippen molar-refractivity contribution in [2.75, 3.05) is 13.2 Å². The third-order valence-corrected chi connectivity index (χ3v) is 6.37. The number of thiocarbonyl (C=S) groups is 1. The zero-order valence-electron chi connectivity index (χ0n) is 19.7. The smallest absolute Gasteiger partial charge is 0.276 e. The van der Waals surface area contributed by atoms with Gasteiger partial charge in [-0.3, -0.25) is 25.8 Å². The highest BCUT2D eigenvalue weighted by atomic mass is 79.9. The molecule has 0 saturated carbocycles. The predicted molar refractivity (Wildman–Crippen MR) is 151 cm³/mol. The molecule has 4 aromatic carbocycles. The van der Waals surface area contributed by atoms with E-state index in [0.29, 0.717) is 23.7 Å². The molecule has 0 aliphatic rings. The number of hydrogen-bond acceptors (Lipinski definition) is 5. The molecule has 4 aromatic rings. The van der Waals surface area contributed by atoms with Crippen molar-refractivity contribution < 1.29 is 19.1 Å². The Morgan fingerprint density at radius 2 is 1.54 bits per heavy atom. The van der Waals surface area contributed by atoms with E-state index in [1.165, 1.54) is 5.56 Å². The summed E-state index contributed by atoms with van der Waals surface area (Å²) in [7, 11) is 0. The number of benzene rings is 4. The van der Waals surface area contributed by atoms with Crippen LogP contribution in [0.25, 0.3) is 10.8 Å². The molecule has 0 fully saturated rings. The number of hydrazine groups is 1. The maximum Gasteiger partial charge on any atom is 0.276 e. The molecule has 0 saturated heterocycles. The highest BCUT2D eigenvalue weighted by Crippen LogP contribution is 2.32. The van der Waals surface area contributed by atoms with E-state index in [4.69, 9.17) is 21.7 Å². The Bertz CT molecular complexity index is 1400. The van der Waals surface area contributed by atoms with Crippen LogP contribution in [0.2, 0.25) is 0 Å². The molecule has 37 heavy (non-hydrogen) atoms.